The van der Waals surface area contributed by atoms with Crippen molar-refractivity contribution >= 4 is 5.97 Å². The summed E-state index contributed by atoms with van der Waals surface area (Å²) in [5, 5.41) is 9.21. The van der Waals surface area contributed by atoms with E-state index in [9.17, 15) is 14.3 Å². The minimum absolute atomic E-state index is 0.220. The highest BCUT2D eigenvalue weighted by molar-refractivity contribution is 5.89. The van der Waals surface area contributed by atoms with Crippen LogP contribution in [0.25, 0.3) is 0 Å². The number of carboxylic acids is 1. The highest BCUT2D eigenvalue weighted by Gasteiger charge is 2.36. The van der Waals surface area contributed by atoms with E-state index in [-0.39, 0.29) is 11.4 Å². The molecule has 0 unspecified atom stereocenters. The number of rotatable bonds is 3. The molecular formula is C17H22FNO2. The van der Waals surface area contributed by atoms with Gasteiger partial charge < -0.3 is 5.11 Å². The van der Waals surface area contributed by atoms with E-state index in [2.05, 4.69) is 4.90 Å². The molecule has 1 aromatic rings. The maximum atomic E-state index is 13.4. The van der Waals surface area contributed by atoms with E-state index >= 15 is 0 Å². The Bertz CT molecular complexity index is 528. The first-order chi connectivity index (χ1) is 10.1. The third kappa shape index (κ3) is 3.10. The van der Waals surface area contributed by atoms with Crippen molar-refractivity contribution < 1.29 is 14.3 Å². The molecule has 21 heavy (non-hydrogen) atoms. The zero-order valence-corrected chi connectivity index (χ0v) is 12.3. The molecule has 0 bridgehead atoms. The largest absolute Gasteiger partial charge is 0.478 e. The molecular weight excluding hydrogens is 269 g/mol. The molecule has 0 radical (unpaired) electrons. The van der Waals surface area contributed by atoms with Crippen LogP contribution in [0.4, 0.5) is 4.39 Å². The van der Waals surface area contributed by atoms with E-state index in [1.54, 1.807) is 0 Å². The van der Waals surface area contributed by atoms with Gasteiger partial charge in [-0.15, -0.1) is 0 Å². The third-order valence-corrected chi connectivity index (χ3v) is 5.27. The Morgan fingerprint density at radius 1 is 1.19 bits per heavy atom. The lowest BCUT2D eigenvalue weighted by atomic mass is 9.77. The van der Waals surface area contributed by atoms with E-state index in [0.717, 1.165) is 13.1 Å². The number of piperidine rings is 1. The van der Waals surface area contributed by atoms with E-state index in [0.29, 0.717) is 17.5 Å². The average Bonchev–Trinajstić information content (AvgIpc) is 2.90. The molecule has 2 aliphatic rings. The van der Waals surface area contributed by atoms with Gasteiger partial charge in [0.15, 0.2) is 0 Å². The van der Waals surface area contributed by atoms with Crippen LogP contribution in [0.1, 0.15) is 54.4 Å². The lowest BCUT2D eigenvalue weighted by molar-refractivity contribution is 0.0690. The molecule has 1 aliphatic heterocycles. The summed E-state index contributed by atoms with van der Waals surface area (Å²) < 4.78 is 13.4. The molecule has 3 rings (SSSR count). The molecule has 3 nitrogen and oxygen atoms in total. The maximum absolute atomic E-state index is 13.4. The van der Waals surface area contributed by atoms with Crippen LogP contribution in [0, 0.1) is 11.2 Å². The molecule has 1 heterocycles. The summed E-state index contributed by atoms with van der Waals surface area (Å²) >= 11 is 0. The van der Waals surface area contributed by atoms with Crippen molar-refractivity contribution in [1.29, 1.82) is 0 Å². The van der Waals surface area contributed by atoms with Crippen molar-refractivity contribution in [3.63, 3.8) is 0 Å². The van der Waals surface area contributed by atoms with Gasteiger partial charge in [-0.3, -0.25) is 4.90 Å². The smallest absolute Gasteiger partial charge is 0.336 e. The monoisotopic (exact) mass is 291 g/mol. The van der Waals surface area contributed by atoms with Crippen molar-refractivity contribution in [3.8, 4) is 0 Å². The average molecular weight is 291 g/mol. The van der Waals surface area contributed by atoms with E-state index < -0.39 is 5.97 Å². The normalized spacial score (nSPS) is 21.8. The molecule has 1 saturated carbocycles. The molecule has 1 aromatic carbocycles. The fraction of sp³-hybridized carbons (Fsp3) is 0.588. The summed E-state index contributed by atoms with van der Waals surface area (Å²) in [6.45, 7) is 2.53. The molecule has 4 heteroatoms. The van der Waals surface area contributed by atoms with Gasteiger partial charge in [0.25, 0.3) is 0 Å². The van der Waals surface area contributed by atoms with Crippen LogP contribution < -0.4 is 0 Å². The van der Waals surface area contributed by atoms with Crippen LogP contribution in [0.3, 0.4) is 0 Å². The van der Waals surface area contributed by atoms with Gasteiger partial charge in [0, 0.05) is 6.54 Å². The van der Waals surface area contributed by atoms with E-state index in [4.69, 9.17) is 0 Å². The second kappa shape index (κ2) is 5.76. The minimum atomic E-state index is -0.978. The van der Waals surface area contributed by atoms with Crippen molar-refractivity contribution in [2.24, 2.45) is 5.41 Å². The van der Waals surface area contributed by atoms with Gasteiger partial charge in [0.1, 0.15) is 5.82 Å². The molecule has 1 spiro atoms. The standard InChI is InChI=1S/C17H22FNO2/c18-14-3-4-15(16(20)21)13(11-14)12-19-9-7-17(8-10-19)5-1-2-6-17/h3-4,11H,1-2,5-10,12H2,(H,20,21). The van der Waals surface area contributed by atoms with Crippen molar-refractivity contribution in [2.45, 2.75) is 45.1 Å². The number of likely N-dealkylation sites (tertiary alicyclic amines) is 1. The Balaban J connectivity index is 1.68. The SMILES string of the molecule is O=C(O)c1ccc(F)cc1CN1CCC2(CCCC2)CC1. The molecule has 2 fully saturated rings. The molecule has 0 aromatic heterocycles. The molecule has 1 N–H and O–H groups in total. The van der Waals surface area contributed by atoms with Gasteiger partial charge in [0.05, 0.1) is 5.56 Å². The fourth-order valence-electron chi connectivity index (χ4n) is 3.95. The fourth-order valence-corrected chi connectivity index (χ4v) is 3.95. The molecule has 0 atom stereocenters. The summed E-state index contributed by atoms with van der Waals surface area (Å²) in [6, 6.07) is 3.95. The predicted octanol–water partition coefficient (Wildman–Crippen LogP) is 3.68. The zero-order chi connectivity index (χ0) is 14.9. The van der Waals surface area contributed by atoms with Crippen LogP contribution in [0.5, 0.6) is 0 Å². The number of halogens is 1. The van der Waals surface area contributed by atoms with Gasteiger partial charge in [0.2, 0.25) is 0 Å². The van der Waals surface area contributed by atoms with Gasteiger partial charge >= 0.3 is 5.97 Å². The summed E-state index contributed by atoms with van der Waals surface area (Å²) in [4.78, 5) is 13.5. The van der Waals surface area contributed by atoms with Crippen LogP contribution in [0.15, 0.2) is 18.2 Å². The number of nitrogens with zero attached hydrogens (tertiary/aromatic N) is 1. The second-order valence-electron chi connectivity index (χ2n) is 6.59. The first kappa shape index (κ1) is 14.5. The first-order valence-corrected chi connectivity index (χ1v) is 7.82. The van der Waals surface area contributed by atoms with Crippen molar-refractivity contribution in [2.75, 3.05) is 13.1 Å². The number of carbonyl (C=O) groups is 1. The highest BCUT2D eigenvalue weighted by Crippen LogP contribution is 2.46. The highest BCUT2D eigenvalue weighted by atomic mass is 19.1. The lowest BCUT2D eigenvalue weighted by Crippen LogP contribution is -2.38. The minimum Gasteiger partial charge on any atom is -0.478 e. The first-order valence-electron chi connectivity index (χ1n) is 7.82. The Labute approximate surface area is 124 Å². The lowest BCUT2D eigenvalue weighted by Gasteiger charge is -2.39. The Kier molecular flexibility index (Phi) is 3.98. The van der Waals surface area contributed by atoms with Crippen molar-refractivity contribution in [1.82, 2.24) is 4.90 Å². The summed E-state index contributed by atoms with van der Waals surface area (Å²) in [7, 11) is 0. The van der Waals surface area contributed by atoms with Crippen LogP contribution in [-0.4, -0.2) is 29.1 Å². The Morgan fingerprint density at radius 3 is 2.48 bits per heavy atom. The van der Waals surface area contributed by atoms with E-state index in [1.165, 1.54) is 56.7 Å². The molecule has 1 aliphatic carbocycles. The Morgan fingerprint density at radius 2 is 1.86 bits per heavy atom. The second-order valence-corrected chi connectivity index (χ2v) is 6.59. The molecule has 114 valence electrons. The number of hydrogen-bond acceptors (Lipinski definition) is 2. The summed E-state index contributed by atoms with van der Waals surface area (Å²) in [5.41, 5.74) is 1.36. The number of aromatic carboxylic acids is 1. The van der Waals surface area contributed by atoms with Crippen LogP contribution >= 0.6 is 0 Å². The van der Waals surface area contributed by atoms with E-state index in [1.807, 2.05) is 0 Å². The Hall–Kier alpha value is -1.42. The van der Waals surface area contributed by atoms with Crippen LogP contribution in [-0.2, 0) is 6.54 Å². The zero-order valence-electron chi connectivity index (χ0n) is 12.3. The van der Waals surface area contributed by atoms with Gasteiger partial charge in [-0.2, -0.15) is 0 Å². The number of benzene rings is 1. The molecule has 1 saturated heterocycles. The van der Waals surface area contributed by atoms with Crippen molar-refractivity contribution in [3.05, 3.63) is 35.1 Å². The molecule has 0 amide bonds. The summed E-state index contributed by atoms with van der Waals surface area (Å²) in [6.07, 6.45) is 7.80. The van der Waals surface area contributed by atoms with Crippen LogP contribution in [0.2, 0.25) is 0 Å². The van der Waals surface area contributed by atoms with Gasteiger partial charge in [-0.25, -0.2) is 9.18 Å². The topological polar surface area (TPSA) is 40.5 Å². The predicted molar refractivity (Wildman–Crippen MR) is 78.8 cm³/mol. The summed E-state index contributed by atoms with van der Waals surface area (Å²) in [5.74, 6) is -1.34. The third-order valence-electron chi connectivity index (χ3n) is 5.27. The number of carboxylic acid groups (broad SMARTS) is 1. The number of hydrogen-bond donors (Lipinski definition) is 1. The van der Waals surface area contributed by atoms with Gasteiger partial charge in [-0.1, -0.05) is 12.8 Å². The quantitative estimate of drug-likeness (QED) is 0.923. The maximum Gasteiger partial charge on any atom is 0.336 e. The van der Waals surface area contributed by atoms with Gasteiger partial charge in [-0.05, 0) is 68.0 Å².